The summed E-state index contributed by atoms with van der Waals surface area (Å²) in [4.78, 5) is 20.5. The van der Waals surface area contributed by atoms with E-state index in [1.165, 1.54) is 0 Å². The largest absolute Gasteiger partial charge is 0.462 e. The molecule has 0 fully saturated rings. The normalized spacial score (nSPS) is 10.6. The van der Waals surface area contributed by atoms with Crippen molar-refractivity contribution in [2.45, 2.75) is 13.8 Å². The van der Waals surface area contributed by atoms with Crippen LogP contribution >= 0.6 is 23.2 Å². The van der Waals surface area contributed by atoms with Gasteiger partial charge in [-0.05, 0) is 37.6 Å². The number of nitrogens with one attached hydrogen (secondary N) is 1. The number of benzene rings is 1. The van der Waals surface area contributed by atoms with Gasteiger partial charge in [0, 0.05) is 22.3 Å². The van der Waals surface area contributed by atoms with Gasteiger partial charge in [-0.2, -0.15) is 0 Å². The summed E-state index contributed by atoms with van der Waals surface area (Å²) >= 11 is 11.8. The Morgan fingerprint density at radius 3 is 2.62 bits per heavy atom. The van der Waals surface area contributed by atoms with Crippen LogP contribution in [0.4, 0.5) is 11.7 Å². The Balaban J connectivity index is 2.04. The van der Waals surface area contributed by atoms with Crippen molar-refractivity contribution in [1.29, 1.82) is 0 Å². The number of hydrogen-bond acceptors (Lipinski definition) is 7. The number of halogens is 2. The molecule has 0 aliphatic rings. The molecule has 0 aliphatic heterocycles. The molecule has 0 bridgehead atoms. The Morgan fingerprint density at radius 2 is 1.96 bits per heavy atom. The van der Waals surface area contributed by atoms with Crippen LogP contribution in [0.15, 0.2) is 34.9 Å². The molecule has 26 heavy (non-hydrogen) atoms. The third kappa shape index (κ3) is 3.95. The van der Waals surface area contributed by atoms with E-state index in [-0.39, 0.29) is 23.3 Å². The summed E-state index contributed by atoms with van der Waals surface area (Å²) in [6.07, 6.45) is 0. The highest BCUT2D eigenvalue weighted by Gasteiger charge is 2.26. The summed E-state index contributed by atoms with van der Waals surface area (Å²) in [5.74, 6) is -0.104. The molecule has 134 valence electrons. The van der Waals surface area contributed by atoms with Gasteiger partial charge in [-0.15, -0.1) is 0 Å². The molecule has 1 aromatic carbocycles. The Kier molecular flexibility index (Phi) is 5.39. The van der Waals surface area contributed by atoms with Crippen molar-refractivity contribution >= 4 is 40.9 Å². The van der Waals surface area contributed by atoms with Crippen molar-refractivity contribution in [2.24, 2.45) is 0 Å². The summed E-state index contributed by atoms with van der Waals surface area (Å²) in [6, 6.07) is 8.52. The Hall–Kier alpha value is -2.64. The number of aryl methyl sites for hydroxylation is 1. The van der Waals surface area contributed by atoms with Crippen LogP contribution in [0.1, 0.15) is 23.0 Å². The molecular weight excluding hydrogens is 379 g/mol. The van der Waals surface area contributed by atoms with Crippen LogP contribution < -0.4 is 5.32 Å². The fraction of sp³-hybridized carbons (Fsp3) is 0.176. The number of carbonyl (C=O) groups excluding carboxylic acids is 1. The topological polar surface area (TPSA) is 90.1 Å². The fourth-order valence-electron chi connectivity index (χ4n) is 2.29. The zero-order valence-corrected chi connectivity index (χ0v) is 15.4. The van der Waals surface area contributed by atoms with Gasteiger partial charge in [0.2, 0.25) is 11.2 Å². The van der Waals surface area contributed by atoms with Gasteiger partial charge in [-0.3, -0.25) is 0 Å². The maximum Gasteiger partial charge on any atom is 0.346 e. The molecule has 7 nitrogen and oxygen atoms in total. The number of rotatable bonds is 5. The van der Waals surface area contributed by atoms with E-state index in [4.69, 9.17) is 32.5 Å². The standard InChI is InChI=1S/C17H14Cl2N4O3/c1-3-25-16(24)13-14(10-4-6-11(18)7-5-10)23-26-15(13)21-12-8-9(2)20-17(19)22-12/h4-8H,3H2,1-2H3,(H,20,21,22). The first kappa shape index (κ1) is 18.2. The summed E-state index contributed by atoms with van der Waals surface area (Å²) in [7, 11) is 0. The number of ether oxygens (including phenoxy) is 1. The number of hydrogen-bond donors (Lipinski definition) is 1. The minimum atomic E-state index is -0.571. The zero-order valence-electron chi connectivity index (χ0n) is 13.9. The maximum absolute atomic E-state index is 12.5. The molecule has 0 atom stereocenters. The summed E-state index contributed by atoms with van der Waals surface area (Å²) in [6.45, 7) is 3.69. The third-order valence-corrected chi connectivity index (χ3v) is 3.78. The average molecular weight is 393 g/mol. The SMILES string of the molecule is CCOC(=O)c1c(-c2ccc(Cl)cc2)noc1Nc1cc(C)nc(Cl)n1. The predicted octanol–water partition coefficient (Wildman–Crippen LogP) is 4.67. The lowest BCUT2D eigenvalue weighted by Crippen LogP contribution is -2.08. The first-order valence-electron chi connectivity index (χ1n) is 7.69. The van der Waals surface area contributed by atoms with E-state index in [1.54, 1.807) is 44.2 Å². The molecule has 1 N–H and O–H groups in total. The molecule has 3 aromatic rings. The predicted molar refractivity (Wildman–Crippen MR) is 98.0 cm³/mol. The Bertz CT molecular complexity index is 921. The third-order valence-electron chi connectivity index (χ3n) is 3.36. The van der Waals surface area contributed by atoms with Crippen LogP contribution in [-0.2, 0) is 4.74 Å². The summed E-state index contributed by atoms with van der Waals surface area (Å²) in [5.41, 5.74) is 1.80. The van der Waals surface area contributed by atoms with Crippen LogP contribution in [0.5, 0.6) is 0 Å². The number of carbonyl (C=O) groups is 1. The van der Waals surface area contributed by atoms with E-state index in [1.807, 2.05) is 0 Å². The van der Waals surface area contributed by atoms with Gasteiger partial charge in [-0.1, -0.05) is 28.9 Å². The minimum Gasteiger partial charge on any atom is -0.462 e. The van der Waals surface area contributed by atoms with Crippen molar-refractivity contribution in [3.8, 4) is 11.3 Å². The Morgan fingerprint density at radius 1 is 1.23 bits per heavy atom. The lowest BCUT2D eigenvalue weighted by atomic mass is 10.1. The molecule has 0 unspecified atom stereocenters. The van der Waals surface area contributed by atoms with Crippen LogP contribution in [0.25, 0.3) is 11.3 Å². The van der Waals surface area contributed by atoms with Crippen molar-refractivity contribution in [1.82, 2.24) is 15.1 Å². The molecular formula is C17H14Cl2N4O3. The van der Waals surface area contributed by atoms with Crippen molar-refractivity contribution in [2.75, 3.05) is 11.9 Å². The highest BCUT2D eigenvalue weighted by Crippen LogP contribution is 2.32. The van der Waals surface area contributed by atoms with Crippen molar-refractivity contribution < 1.29 is 14.1 Å². The maximum atomic E-state index is 12.5. The van der Waals surface area contributed by atoms with E-state index < -0.39 is 5.97 Å². The number of aromatic nitrogens is 3. The molecule has 2 aromatic heterocycles. The molecule has 0 aliphatic carbocycles. The molecule has 0 spiro atoms. The number of esters is 1. The van der Waals surface area contributed by atoms with Crippen molar-refractivity contribution in [3.63, 3.8) is 0 Å². The van der Waals surface area contributed by atoms with Crippen LogP contribution in [0.3, 0.4) is 0 Å². The summed E-state index contributed by atoms with van der Waals surface area (Å²) in [5, 5.41) is 7.55. The van der Waals surface area contributed by atoms with Gasteiger partial charge in [0.15, 0.2) is 5.56 Å². The highest BCUT2D eigenvalue weighted by atomic mass is 35.5. The van der Waals surface area contributed by atoms with E-state index >= 15 is 0 Å². The van der Waals surface area contributed by atoms with E-state index in [2.05, 4.69) is 20.4 Å². The second kappa shape index (κ2) is 7.72. The van der Waals surface area contributed by atoms with Crippen LogP contribution in [-0.4, -0.2) is 27.7 Å². The quantitative estimate of drug-likeness (QED) is 0.498. The molecule has 3 rings (SSSR count). The second-order valence-electron chi connectivity index (χ2n) is 5.25. The van der Waals surface area contributed by atoms with E-state index in [0.29, 0.717) is 27.8 Å². The van der Waals surface area contributed by atoms with Crippen LogP contribution in [0.2, 0.25) is 10.3 Å². The lowest BCUT2D eigenvalue weighted by Gasteiger charge is -2.06. The van der Waals surface area contributed by atoms with Gasteiger partial charge < -0.3 is 14.6 Å². The lowest BCUT2D eigenvalue weighted by molar-refractivity contribution is 0.0528. The van der Waals surface area contributed by atoms with Crippen LogP contribution in [0, 0.1) is 6.92 Å². The molecule has 9 heteroatoms. The molecule has 0 saturated carbocycles. The first-order valence-corrected chi connectivity index (χ1v) is 8.44. The molecule has 0 saturated heterocycles. The fourth-order valence-corrected chi connectivity index (χ4v) is 2.64. The first-order chi connectivity index (χ1) is 12.5. The molecule has 0 amide bonds. The highest BCUT2D eigenvalue weighted by molar-refractivity contribution is 6.30. The second-order valence-corrected chi connectivity index (χ2v) is 6.03. The van der Waals surface area contributed by atoms with E-state index in [9.17, 15) is 4.79 Å². The smallest absolute Gasteiger partial charge is 0.346 e. The van der Waals surface area contributed by atoms with Gasteiger partial charge in [0.05, 0.1) is 6.61 Å². The Labute approximate surface area is 159 Å². The van der Waals surface area contributed by atoms with Gasteiger partial charge >= 0.3 is 5.97 Å². The zero-order chi connectivity index (χ0) is 18.7. The summed E-state index contributed by atoms with van der Waals surface area (Å²) < 4.78 is 10.5. The van der Waals surface area contributed by atoms with Gasteiger partial charge in [-0.25, -0.2) is 14.8 Å². The van der Waals surface area contributed by atoms with Crippen molar-refractivity contribution in [3.05, 3.63) is 51.9 Å². The van der Waals surface area contributed by atoms with E-state index in [0.717, 1.165) is 0 Å². The number of nitrogens with zero attached hydrogens (tertiary/aromatic N) is 3. The minimum absolute atomic E-state index is 0.0719. The monoisotopic (exact) mass is 392 g/mol. The molecule has 2 heterocycles. The number of anilines is 2. The molecule has 0 radical (unpaired) electrons. The van der Waals surface area contributed by atoms with Gasteiger partial charge in [0.25, 0.3) is 0 Å². The van der Waals surface area contributed by atoms with Gasteiger partial charge in [0.1, 0.15) is 11.5 Å². The average Bonchev–Trinajstić information content (AvgIpc) is 2.98.